The van der Waals surface area contributed by atoms with Gasteiger partial charge in [0.15, 0.2) is 0 Å². The predicted molar refractivity (Wildman–Crippen MR) is 87.6 cm³/mol. The first-order valence-corrected chi connectivity index (χ1v) is 8.02. The maximum absolute atomic E-state index is 12.7. The van der Waals surface area contributed by atoms with Gasteiger partial charge < -0.3 is 14.9 Å². The van der Waals surface area contributed by atoms with Gasteiger partial charge in [0.05, 0.1) is 6.61 Å². The summed E-state index contributed by atoms with van der Waals surface area (Å²) in [6, 6.07) is 2.02. The number of aliphatic hydroxyl groups is 1. The highest BCUT2D eigenvalue weighted by molar-refractivity contribution is 7.12. The lowest BCUT2D eigenvalue weighted by molar-refractivity contribution is 0.0684. The van der Waals surface area contributed by atoms with Gasteiger partial charge in [-0.15, -0.1) is 11.3 Å². The van der Waals surface area contributed by atoms with Crippen LogP contribution in [0, 0.1) is 11.8 Å². The molecule has 0 aliphatic rings. The highest BCUT2D eigenvalue weighted by Crippen LogP contribution is 2.19. The minimum Gasteiger partial charge on any atom is -0.395 e. The molecule has 21 heavy (non-hydrogen) atoms. The Hall–Kier alpha value is -1.35. The maximum atomic E-state index is 12.7. The van der Waals surface area contributed by atoms with Crippen molar-refractivity contribution in [2.45, 2.75) is 26.3 Å². The number of carbonyl (C=O) groups excluding carboxylic acids is 1. The monoisotopic (exact) mass is 308 g/mol. The lowest BCUT2D eigenvalue weighted by atomic mass is 10.2. The third kappa shape index (κ3) is 5.16. The average molecular weight is 308 g/mol. The topological polar surface area (TPSA) is 43.8 Å². The van der Waals surface area contributed by atoms with Crippen LogP contribution in [0.5, 0.6) is 0 Å². The Labute approximate surface area is 131 Å². The van der Waals surface area contributed by atoms with Gasteiger partial charge in [-0.05, 0) is 39.4 Å². The second kappa shape index (κ2) is 8.83. The van der Waals surface area contributed by atoms with Crippen molar-refractivity contribution >= 4 is 17.2 Å². The van der Waals surface area contributed by atoms with Crippen LogP contribution >= 0.6 is 11.3 Å². The van der Waals surface area contributed by atoms with Gasteiger partial charge in [-0.1, -0.05) is 11.8 Å². The molecule has 0 aromatic carbocycles. The van der Waals surface area contributed by atoms with E-state index in [-0.39, 0.29) is 18.6 Å². The van der Waals surface area contributed by atoms with E-state index in [9.17, 15) is 4.79 Å². The van der Waals surface area contributed by atoms with E-state index in [1.807, 2.05) is 37.4 Å². The van der Waals surface area contributed by atoms with Gasteiger partial charge >= 0.3 is 0 Å². The SMILES string of the molecule is CCN(C(=O)c1sccc1C#CCCO)C(C)CN(C)C. The lowest BCUT2D eigenvalue weighted by Crippen LogP contribution is -2.43. The summed E-state index contributed by atoms with van der Waals surface area (Å²) in [5.41, 5.74) is 0.758. The number of rotatable bonds is 6. The smallest absolute Gasteiger partial charge is 0.265 e. The Balaban J connectivity index is 2.91. The minimum atomic E-state index is 0.0372. The second-order valence-electron chi connectivity index (χ2n) is 5.14. The number of aliphatic hydroxyl groups excluding tert-OH is 1. The number of nitrogens with zero attached hydrogens (tertiary/aromatic N) is 2. The summed E-state index contributed by atoms with van der Waals surface area (Å²) in [6.07, 6.45) is 0.429. The van der Waals surface area contributed by atoms with E-state index < -0.39 is 0 Å². The van der Waals surface area contributed by atoms with Crippen LogP contribution in [0.3, 0.4) is 0 Å². The van der Waals surface area contributed by atoms with Crippen molar-refractivity contribution in [2.75, 3.05) is 33.8 Å². The first-order chi connectivity index (χ1) is 10.0. The van der Waals surface area contributed by atoms with Crippen LogP contribution in [0.4, 0.5) is 0 Å². The maximum Gasteiger partial charge on any atom is 0.265 e. The van der Waals surface area contributed by atoms with Crippen LogP contribution in [-0.4, -0.2) is 60.6 Å². The normalized spacial score (nSPS) is 11.9. The summed E-state index contributed by atoms with van der Waals surface area (Å²) in [5, 5.41) is 10.7. The summed E-state index contributed by atoms with van der Waals surface area (Å²) >= 11 is 1.43. The fraction of sp³-hybridized carbons (Fsp3) is 0.562. The Morgan fingerprint density at radius 3 is 2.76 bits per heavy atom. The van der Waals surface area contributed by atoms with Gasteiger partial charge in [0.1, 0.15) is 4.88 Å². The first kappa shape index (κ1) is 17.7. The number of amides is 1. The number of carbonyl (C=O) groups is 1. The zero-order chi connectivity index (χ0) is 15.8. The van der Waals surface area contributed by atoms with Crippen molar-refractivity contribution in [2.24, 2.45) is 0 Å². The zero-order valence-electron chi connectivity index (χ0n) is 13.2. The van der Waals surface area contributed by atoms with Crippen molar-refractivity contribution in [1.82, 2.24) is 9.80 Å². The van der Waals surface area contributed by atoms with E-state index in [0.29, 0.717) is 17.8 Å². The van der Waals surface area contributed by atoms with E-state index in [1.165, 1.54) is 11.3 Å². The Morgan fingerprint density at radius 1 is 1.48 bits per heavy atom. The van der Waals surface area contributed by atoms with Crippen molar-refractivity contribution in [3.63, 3.8) is 0 Å². The van der Waals surface area contributed by atoms with Gasteiger partial charge in [-0.3, -0.25) is 4.79 Å². The summed E-state index contributed by atoms with van der Waals surface area (Å²) in [6.45, 7) is 5.61. The Bertz CT molecular complexity index is 514. The van der Waals surface area contributed by atoms with Crippen molar-refractivity contribution in [1.29, 1.82) is 0 Å². The van der Waals surface area contributed by atoms with Gasteiger partial charge in [0.25, 0.3) is 5.91 Å². The highest BCUT2D eigenvalue weighted by atomic mass is 32.1. The summed E-state index contributed by atoms with van der Waals surface area (Å²) in [7, 11) is 4.01. The molecule has 0 spiro atoms. The molecule has 1 aromatic rings. The van der Waals surface area contributed by atoms with Crippen LogP contribution in [0.15, 0.2) is 11.4 Å². The molecule has 0 bridgehead atoms. The summed E-state index contributed by atoms with van der Waals surface area (Å²) in [4.78, 5) is 17.4. The van der Waals surface area contributed by atoms with Crippen LogP contribution in [-0.2, 0) is 0 Å². The van der Waals surface area contributed by atoms with Gasteiger partial charge in [-0.25, -0.2) is 0 Å². The molecule has 1 N–H and O–H groups in total. The molecule has 0 aliphatic heterocycles. The molecule has 0 saturated heterocycles. The third-order valence-corrected chi connectivity index (χ3v) is 3.98. The molecule has 1 aromatic heterocycles. The van der Waals surface area contributed by atoms with Crippen LogP contribution < -0.4 is 0 Å². The molecule has 1 amide bonds. The standard InChI is InChI=1S/C16H24N2O2S/c1-5-18(13(2)12-17(3)4)16(20)15-14(9-11-21-15)8-6-7-10-19/h9,11,13,19H,5,7,10,12H2,1-4H3. The van der Waals surface area contributed by atoms with Crippen molar-refractivity contribution in [3.8, 4) is 11.8 Å². The number of thiophene rings is 1. The second-order valence-corrected chi connectivity index (χ2v) is 6.06. The van der Waals surface area contributed by atoms with Gasteiger partial charge in [0.2, 0.25) is 0 Å². The Morgan fingerprint density at radius 2 is 2.19 bits per heavy atom. The quantitative estimate of drug-likeness (QED) is 0.816. The molecule has 0 saturated carbocycles. The summed E-state index contributed by atoms with van der Waals surface area (Å²) < 4.78 is 0. The number of hydrogen-bond acceptors (Lipinski definition) is 4. The van der Waals surface area contributed by atoms with Crippen molar-refractivity contribution in [3.05, 3.63) is 21.9 Å². The highest BCUT2D eigenvalue weighted by Gasteiger charge is 2.23. The lowest BCUT2D eigenvalue weighted by Gasteiger charge is -2.29. The van der Waals surface area contributed by atoms with Crippen LogP contribution in [0.25, 0.3) is 0 Å². The fourth-order valence-corrected chi connectivity index (χ4v) is 3.00. The largest absolute Gasteiger partial charge is 0.395 e. The minimum absolute atomic E-state index is 0.0372. The molecule has 4 nitrogen and oxygen atoms in total. The molecule has 116 valence electrons. The average Bonchev–Trinajstić information content (AvgIpc) is 2.87. The molecule has 1 heterocycles. The fourth-order valence-electron chi connectivity index (χ4n) is 2.20. The van der Waals surface area contributed by atoms with Crippen molar-refractivity contribution < 1.29 is 9.90 Å². The first-order valence-electron chi connectivity index (χ1n) is 7.14. The number of likely N-dealkylation sites (N-methyl/N-ethyl adjacent to an activating group) is 2. The van der Waals surface area contributed by atoms with Gasteiger partial charge in [0, 0.05) is 31.1 Å². The molecule has 0 aliphatic carbocycles. The molecule has 5 heteroatoms. The van der Waals surface area contributed by atoms with Gasteiger partial charge in [-0.2, -0.15) is 0 Å². The van der Waals surface area contributed by atoms with E-state index >= 15 is 0 Å². The van der Waals surface area contributed by atoms with Crippen LogP contribution in [0.2, 0.25) is 0 Å². The molecule has 1 rings (SSSR count). The van der Waals surface area contributed by atoms with E-state index in [0.717, 1.165) is 12.1 Å². The molecule has 1 unspecified atom stereocenters. The Kier molecular flexibility index (Phi) is 7.44. The number of hydrogen-bond donors (Lipinski definition) is 1. The molecule has 1 atom stereocenters. The summed E-state index contributed by atoms with van der Waals surface area (Å²) in [5.74, 6) is 5.89. The van der Waals surface area contributed by atoms with E-state index in [4.69, 9.17) is 5.11 Å². The van der Waals surface area contributed by atoms with E-state index in [2.05, 4.69) is 23.7 Å². The third-order valence-electron chi connectivity index (χ3n) is 3.08. The molecule has 0 fully saturated rings. The zero-order valence-corrected chi connectivity index (χ0v) is 14.0. The van der Waals surface area contributed by atoms with E-state index in [1.54, 1.807) is 0 Å². The predicted octanol–water partition coefficient (Wildman–Crippen LogP) is 1.89. The van der Waals surface area contributed by atoms with Crippen LogP contribution in [0.1, 0.15) is 35.5 Å². The molecular formula is C16H24N2O2S. The molecular weight excluding hydrogens is 284 g/mol. The molecule has 0 radical (unpaired) electrons.